The molecular weight excluding hydrogens is 587 g/mol. The lowest BCUT2D eigenvalue weighted by Gasteiger charge is -2.26. The van der Waals surface area contributed by atoms with Gasteiger partial charge in [-0.3, -0.25) is 13.8 Å². The van der Waals surface area contributed by atoms with Crippen LogP contribution in [0.15, 0.2) is 0 Å². The van der Waals surface area contributed by atoms with Crippen LogP contribution in [0.1, 0.15) is 174 Å². The van der Waals surface area contributed by atoms with Gasteiger partial charge in [0, 0.05) is 6.42 Å². The molecule has 0 aliphatic carbocycles. The lowest BCUT2D eigenvalue weighted by Crippen LogP contribution is -2.46. The third-order valence-electron chi connectivity index (χ3n) is 8.61. The number of hydrogen-bond donors (Lipinski definition) is 3. The van der Waals surface area contributed by atoms with E-state index in [0.717, 1.165) is 38.5 Å². The SMILES string of the molecule is CCCCCCCCCCCCCCCCCCCCCCC(O)C(COP(=O)(O)OCC[N+](C)(C)C)NC(=O)CCCCC. The number of amides is 1. The summed E-state index contributed by atoms with van der Waals surface area (Å²) in [6.07, 6.45) is 29.2. The standard InChI is InChI=1S/C36H75N2O6P/c1-6-8-10-11-12-13-14-15-16-17-18-19-20-21-22-23-24-25-26-28-29-35(39)34(37-36(40)30-27-9-7-2)33-44-45(41,42)43-32-31-38(3,4)5/h34-35,39H,6-33H2,1-5H3,(H-,37,40,41,42)/p+1. The number of nitrogens with zero attached hydrogens (tertiary/aromatic N) is 1. The van der Waals surface area contributed by atoms with E-state index in [1.54, 1.807) is 0 Å². The number of rotatable bonds is 34. The van der Waals surface area contributed by atoms with Crippen molar-refractivity contribution in [1.82, 2.24) is 5.32 Å². The van der Waals surface area contributed by atoms with Gasteiger partial charge in [0.05, 0.1) is 39.9 Å². The van der Waals surface area contributed by atoms with Crippen LogP contribution in [0.2, 0.25) is 0 Å². The van der Waals surface area contributed by atoms with Crippen molar-refractivity contribution in [2.45, 2.75) is 187 Å². The molecule has 0 aliphatic rings. The highest BCUT2D eigenvalue weighted by Gasteiger charge is 2.28. The fourth-order valence-corrected chi connectivity index (χ4v) is 6.25. The summed E-state index contributed by atoms with van der Waals surface area (Å²) in [5.41, 5.74) is 0. The number of quaternary nitrogens is 1. The van der Waals surface area contributed by atoms with Gasteiger partial charge in [0.1, 0.15) is 13.2 Å². The number of aliphatic hydroxyl groups excluding tert-OH is 1. The van der Waals surface area contributed by atoms with Gasteiger partial charge in [-0.15, -0.1) is 0 Å². The number of hydrogen-bond acceptors (Lipinski definition) is 5. The second-order valence-electron chi connectivity index (χ2n) is 14.3. The molecule has 3 atom stereocenters. The number of unbranched alkanes of at least 4 members (excludes halogenated alkanes) is 21. The number of likely N-dealkylation sites (N-methyl/N-ethyl adjacent to an activating group) is 1. The number of aliphatic hydroxyl groups is 1. The average molecular weight is 664 g/mol. The van der Waals surface area contributed by atoms with E-state index >= 15 is 0 Å². The van der Waals surface area contributed by atoms with Crippen LogP contribution in [0.4, 0.5) is 0 Å². The molecule has 0 saturated heterocycles. The molecule has 9 heteroatoms. The second-order valence-corrected chi connectivity index (χ2v) is 15.8. The minimum absolute atomic E-state index is 0.0767. The maximum Gasteiger partial charge on any atom is 0.472 e. The average Bonchev–Trinajstić information content (AvgIpc) is 2.97. The summed E-state index contributed by atoms with van der Waals surface area (Å²) < 4.78 is 23.3. The molecule has 0 aromatic rings. The second kappa shape index (κ2) is 29.6. The molecule has 0 aromatic carbocycles. The van der Waals surface area contributed by atoms with Crippen LogP contribution in [0.3, 0.4) is 0 Å². The molecule has 0 saturated carbocycles. The summed E-state index contributed by atoms with van der Waals surface area (Å²) in [5.74, 6) is -0.168. The number of phosphoric ester groups is 1. The van der Waals surface area contributed by atoms with E-state index < -0.39 is 20.0 Å². The molecule has 0 radical (unpaired) electrons. The van der Waals surface area contributed by atoms with Crippen molar-refractivity contribution in [2.75, 3.05) is 40.9 Å². The van der Waals surface area contributed by atoms with Gasteiger partial charge in [0.2, 0.25) is 5.91 Å². The van der Waals surface area contributed by atoms with E-state index in [9.17, 15) is 19.4 Å². The quantitative estimate of drug-likeness (QED) is 0.0360. The highest BCUT2D eigenvalue weighted by atomic mass is 31.2. The summed E-state index contributed by atoms with van der Waals surface area (Å²) in [7, 11) is 1.62. The Kier molecular flexibility index (Phi) is 29.3. The van der Waals surface area contributed by atoms with E-state index in [2.05, 4.69) is 19.2 Å². The number of phosphoric acid groups is 1. The fourth-order valence-electron chi connectivity index (χ4n) is 5.52. The predicted octanol–water partition coefficient (Wildman–Crippen LogP) is 9.46. The largest absolute Gasteiger partial charge is 0.472 e. The number of carbonyl (C=O) groups is 1. The van der Waals surface area contributed by atoms with Gasteiger partial charge in [0.25, 0.3) is 0 Å². The Hall–Kier alpha value is -0.500. The zero-order valence-corrected chi connectivity index (χ0v) is 31.3. The lowest BCUT2D eigenvalue weighted by molar-refractivity contribution is -0.870. The molecule has 3 unspecified atom stereocenters. The van der Waals surface area contributed by atoms with Crippen LogP contribution in [-0.2, 0) is 18.4 Å². The topological polar surface area (TPSA) is 105 Å². The molecule has 8 nitrogen and oxygen atoms in total. The minimum Gasteiger partial charge on any atom is -0.391 e. The smallest absolute Gasteiger partial charge is 0.391 e. The summed E-state index contributed by atoms with van der Waals surface area (Å²) in [6, 6.07) is -0.748. The molecule has 0 heterocycles. The van der Waals surface area contributed by atoms with E-state index in [1.165, 1.54) is 109 Å². The van der Waals surface area contributed by atoms with Gasteiger partial charge in [0.15, 0.2) is 0 Å². The fraction of sp³-hybridized carbons (Fsp3) is 0.972. The molecule has 0 aromatic heterocycles. The van der Waals surface area contributed by atoms with Gasteiger partial charge < -0.3 is 19.8 Å². The Bertz CT molecular complexity index is 718. The molecule has 0 spiro atoms. The van der Waals surface area contributed by atoms with Crippen LogP contribution in [0.5, 0.6) is 0 Å². The van der Waals surface area contributed by atoms with Crippen LogP contribution in [-0.4, -0.2) is 73.4 Å². The van der Waals surface area contributed by atoms with Crippen molar-refractivity contribution in [2.24, 2.45) is 0 Å². The summed E-state index contributed by atoms with van der Waals surface area (Å²) >= 11 is 0. The maximum absolute atomic E-state index is 12.5. The predicted molar refractivity (Wildman–Crippen MR) is 189 cm³/mol. The summed E-state index contributed by atoms with van der Waals surface area (Å²) in [4.78, 5) is 22.6. The molecule has 1 amide bonds. The maximum atomic E-state index is 12.5. The van der Waals surface area contributed by atoms with Crippen LogP contribution >= 0.6 is 7.82 Å². The minimum atomic E-state index is -4.28. The van der Waals surface area contributed by atoms with E-state index in [0.29, 0.717) is 23.9 Å². The first-order valence-corrected chi connectivity index (χ1v) is 20.4. The van der Waals surface area contributed by atoms with Crippen LogP contribution in [0, 0.1) is 0 Å². The Balaban J connectivity index is 4.05. The highest BCUT2D eigenvalue weighted by Crippen LogP contribution is 2.43. The van der Waals surface area contributed by atoms with Gasteiger partial charge >= 0.3 is 7.82 Å². The Morgan fingerprint density at radius 1 is 0.667 bits per heavy atom. The van der Waals surface area contributed by atoms with Crippen molar-refractivity contribution in [1.29, 1.82) is 0 Å². The molecule has 0 bridgehead atoms. The Morgan fingerprint density at radius 3 is 1.49 bits per heavy atom. The number of carbonyl (C=O) groups excluding carboxylic acids is 1. The Labute approximate surface area is 279 Å². The van der Waals surface area contributed by atoms with Crippen molar-refractivity contribution in [3.63, 3.8) is 0 Å². The molecule has 0 aliphatic heterocycles. The first-order chi connectivity index (χ1) is 21.5. The monoisotopic (exact) mass is 664 g/mol. The van der Waals surface area contributed by atoms with Crippen molar-refractivity contribution < 1.29 is 32.9 Å². The van der Waals surface area contributed by atoms with Crippen LogP contribution in [0.25, 0.3) is 0 Å². The highest BCUT2D eigenvalue weighted by molar-refractivity contribution is 7.47. The normalized spacial score (nSPS) is 14.7. The zero-order valence-electron chi connectivity index (χ0n) is 30.4. The summed E-state index contributed by atoms with van der Waals surface area (Å²) in [6.45, 7) is 4.72. The Morgan fingerprint density at radius 2 is 1.07 bits per heavy atom. The third-order valence-corrected chi connectivity index (χ3v) is 9.59. The number of nitrogens with one attached hydrogen (secondary N) is 1. The first kappa shape index (κ1) is 44.5. The molecular formula is C36H76N2O6P+. The van der Waals surface area contributed by atoms with Gasteiger partial charge in [-0.05, 0) is 12.8 Å². The molecule has 0 fully saturated rings. The van der Waals surface area contributed by atoms with Gasteiger partial charge in [-0.2, -0.15) is 0 Å². The van der Waals surface area contributed by atoms with Crippen LogP contribution < -0.4 is 5.32 Å². The third kappa shape index (κ3) is 31.8. The van der Waals surface area contributed by atoms with Crippen molar-refractivity contribution >= 4 is 13.7 Å². The lowest BCUT2D eigenvalue weighted by atomic mass is 10.0. The molecule has 270 valence electrons. The molecule has 0 rings (SSSR count). The zero-order chi connectivity index (χ0) is 33.7. The van der Waals surface area contributed by atoms with E-state index in [1.807, 2.05) is 21.1 Å². The van der Waals surface area contributed by atoms with E-state index in [4.69, 9.17) is 9.05 Å². The van der Waals surface area contributed by atoms with Crippen molar-refractivity contribution in [3.05, 3.63) is 0 Å². The first-order valence-electron chi connectivity index (χ1n) is 18.9. The van der Waals surface area contributed by atoms with E-state index in [-0.39, 0.29) is 19.1 Å². The van der Waals surface area contributed by atoms with Crippen molar-refractivity contribution in [3.8, 4) is 0 Å². The van der Waals surface area contributed by atoms with Gasteiger partial charge in [-0.25, -0.2) is 4.57 Å². The van der Waals surface area contributed by atoms with Gasteiger partial charge in [-0.1, -0.05) is 155 Å². The summed E-state index contributed by atoms with van der Waals surface area (Å²) in [5, 5.41) is 13.7. The molecule has 45 heavy (non-hydrogen) atoms. The molecule has 3 N–H and O–H groups in total.